The largest absolute Gasteiger partial charge is 0.472 e. The summed E-state index contributed by atoms with van der Waals surface area (Å²) in [4.78, 5) is 48.7. The second-order valence-corrected chi connectivity index (χ2v) is 21.6. The molecule has 0 bridgehead atoms. The van der Waals surface area contributed by atoms with Gasteiger partial charge in [0.05, 0.1) is 19.8 Å². The van der Waals surface area contributed by atoms with E-state index in [1.54, 1.807) is 0 Å². The van der Waals surface area contributed by atoms with Crippen molar-refractivity contribution in [3.63, 3.8) is 0 Å². The number of esters is 3. The van der Waals surface area contributed by atoms with Gasteiger partial charge >= 0.3 is 25.7 Å². The molecule has 0 aliphatic rings. The van der Waals surface area contributed by atoms with Gasteiger partial charge in [0.15, 0.2) is 6.10 Å². The summed E-state index contributed by atoms with van der Waals surface area (Å²) >= 11 is 0. The van der Waals surface area contributed by atoms with Crippen LogP contribution >= 0.6 is 7.82 Å². The molecular weight excluding hydrogens is 1000 g/mol. The Morgan fingerprint density at radius 2 is 0.667 bits per heavy atom. The maximum Gasteiger partial charge on any atom is 0.472 e. The molecule has 0 aliphatic carbocycles. The molecule has 0 aromatic carbocycles. The van der Waals surface area contributed by atoms with Gasteiger partial charge in [-0.2, -0.15) is 0 Å². The third kappa shape index (κ3) is 56.8. The SMILES string of the molecule is CC/C=C\C/C=C\C/C=C\C/C=C\CCCCCCCCC(=O)OC(COC(=O)CCCCCCC/C=C\C/C=C\C/C=C\CC)COP(=O)(O)OCC(CO)OC(=O)CCCCCCCCC/C=C\C/C=C\CCCCC. The van der Waals surface area contributed by atoms with E-state index >= 15 is 0 Å². The van der Waals surface area contributed by atoms with Gasteiger partial charge in [-0.3, -0.25) is 23.4 Å². The summed E-state index contributed by atoms with van der Waals surface area (Å²) in [5.41, 5.74) is 0. The van der Waals surface area contributed by atoms with Crippen molar-refractivity contribution in [3.8, 4) is 0 Å². The van der Waals surface area contributed by atoms with Crippen molar-refractivity contribution in [2.45, 2.75) is 264 Å². The van der Waals surface area contributed by atoms with Crippen molar-refractivity contribution in [1.29, 1.82) is 0 Å². The lowest BCUT2D eigenvalue weighted by Crippen LogP contribution is -2.30. The molecule has 0 saturated heterocycles. The van der Waals surface area contributed by atoms with E-state index in [1.807, 2.05) is 0 Å². The van der Waals surface area contributed by atoms with Gasteiger partial charge in [0.25, 0.3) is 0 Å². The van der Waals surface area contributed by atoms with Gasteiger partial charge in [-0.1, -0.05) is 220 Å². The van der Waals surface area contributed by atoms with Crippen molar-refractivity contribution in [1.82, 2.24) is 0 Å². The number of carbonyl (C=O) groups is 3. The van der Waals surface area contributed by atoms with Gasteiger partial charge in [-0.05, 0) is 122 Å². The average molecular weight is 1110 g/mol. The number of aliphatic hydroxyl groups excluding tert-OH is 1. The van der Waals surface area contributed by atoms with Crippen molar-refractivity contribution in [2.24, 2.45) is 0 Å². The molecule has 446 valence electrons. The van der Waals surface area contributed by atoms with Crippen LogP contribution in [-0.4, -0.2) is 66.5 Å². The molecule has 2 N–H and O–H groups in total. The van der Waals surface area contributed by atoms with Gasteiger partial charge in [0.1, 0.15) is 12.7 Å². The number of rotatable bonds is 56. The van der Waals surface area contributed by atoms with Crippen molar-refractivity contribution < 1.29 is 52.2 Å². The lowest BCUT2D eigenvalue weighted by molar-refractivity contribution is -0.161. The highest BCUT2D eigenvalue weighted by Gasteiger charge is 2.28. The second-order valence-electron chi connectivity index (χ2n) is 20.1. The highest BCUT2D eigenvalue weighted by Crippen LogP contribution is 2.43. The fourth-order valence-electron chi connectivity index (χ4n) is 8.04. The van der Waals surface area contributed by atoms with E-state index in [4.69, 9.17) is 23.3 Å². The number of phosphoric ester groups is 1. The first-order chi connectivity index (χ1) is 38.2. The van der Waals surface area contributed by atoms with Crippen LogP contribution in [0.5, 0.6) is 0 Å². The quantitative estimate of drug-likeness (QED) is 0.0197. The minimum Gasteiger partial charge on any atom is -0.462 e. The molecule has 3 unspecified atom stereocenters. The van der Waals surface area contributed by atoms with Gasteiger partial charge < -0.3 is 24.2 Å². The summed E-state index contributed by atoms with van der Waals surface area (Å²) in [5, 5.41) is 9.84. The second kappa shape index (κ2) is 59.3. The lowest BCUT2D eigenvalue weighted by atomic mass is 10.1. The summed E-state index contributed by atoms with van der Waals surface area (Å²) < 4.78 is 39.6. The maximum atomic E-state index is 12.9. The minimum atomic E-state index is -4.77. The summed E-state index contributed by atoms with van der Waals surface area (Å²) in [6.07, 6.45) is 71.8. The number of aliphatic hydroxyl groups is 1. The van der Waals surface area contributed by atoms with Gasteiger partial charge in [0.2, 0.25) is 0 Å². The standard InChI is InChI=1S/C66H111O11P/c1-4-7-10-13-16-19-22-25-28-30-31-33-36-39-42-45-48-51-54-57-66(70)77-63(59-73-64(68)55-52-49-46-43-40-37-34-27-24-21-18-15-12-9-6-3)61-75-78(71,72)74-60-62(58-67)76-65(69)56-53-50-47-44-41-38-35-32-29-26-23-20-17-14-11-8-5-2/h7,9-10,12,16-21,25-29,31,33-34,62-63,67H,4-6,8,11,13-15,22-24,30,32,35-61H2,1-3H3,(H,71,72)/b10-7-,12-9-,19-16-,20-17-,21-18-,28-25-,29-26-,33-31-,34-27-. The number of phosphoric acid groups is 1. The fraction of sp³-hybridized carbons (Fsp3) is 0.682. The van der Waals surface area contributed by atoms with E-state index in [0.717, 1.165) is 154 Å². The normalized spacial score (nSPS) is 14.1. The first-order valence-electron chi connectivity index (χ1n) is 30.8. The number of hydrogen-bond acceptors (Lipinski definition) is 10. The van der Waals surface area contributed by atoms with Crippen LogP contribution < -0.4 is 0 Å². The third-order valence-electron chi connectivity index (χ3n) is 12.7. The molecular formula is C66H111O11P. The Balaban J connectivity index is 4.76. The minimum absolute atomic E-state index is 0.142. The topological polar surface area (TPSA) is 155 Å². The van der Waals surface area contributed by atoms with Crippen LogP contribution in [0.3, 0.4) is 0 Å². The van der Waals surface area contributed by atoms with E-state index in [2.05, 4.69) is 130 Å². The molecule has 78 heavy (non-hydrogen) atoms. The van der Waals surface area contributed by atoms with Crippen LogP contribution in [0.15, 0.2) is 109 Å². The highest BCUT2D eigenvalue weighted by atomic mass is 31.2. The summed E-state index contributed by atoms with van der Waals surface area (Å²) in [5.74, 6) is -1.51. The van der Waals surface area contributed by atoms with Crippen molar-refractivity contribution >= 4 is 25.7 Å². The summed E-state index contributed by atoms with van der Waals surface area (Å²) in [6.45, 7) is 4.36. The molecule has 0 heterocycles. The lowest BCUT2D eigenvalue weighted by Gasteiger charge is -2.21. The number of carbonyl (C=O) groups excluding carboxylic acids is 3. The van der Waals surface area contributed by atoms with E-state index in [1.165, 1.54) is 38.5 Å². The highest BCUT2D eigenvalue weighted by molar-refractivity contribution is 7.47. The predicted molar refractivity (Wildman–Crippen MR) is 325 cm³/mol. The molecule has 3 atom stereocenters. The Labute approximate surface area is 475 Å². The first kappa shape index (κ1) is 74.1. The van der Waals surface area contributed by atoms with Crippen LogP contribution in [0.2, 0.25) is 0 Å². The average Bonchev–Trinajstić information content (AvgIpc) is 3.43. The van der Waals surface area contributed by atoms with Gasteiger partial charge in [-0.25, -0.2) is 4.57 Å². The van der Waals surface area contributed by atoms with Crippen molar-refractivity contribution in [2.75, 3.05) is 26.4 Å². The fourth-order valence-corrected chi connectivity index (χ4v) is 8.82. The summed E-state index contributed by atoms with van der Waals surface area (Å²) in [7, 11) is -4.77. The maximum absolute atomic E-state index is 12.9. The third-order valence-corrected chi connectivity index (χ3v) is 13.6. The molecule has 12 heteroatoms. The van der Waals surface area contributed by atoms with Crippen LogP contribution in [0, 0.1) is 0 Å². The molecule has 0 amide bonds. The zero-order chi connectivity index (χ0) is 56.9. The Hall–Kier alpha value is -3.86. The molecule has 0 saturated carbocycles. The zero-order valence-electron chi connectivity index (χ0n) is 49.3. The number of unbranched alkanes of at least 4 members (excludes halogenated alkanes) is 21. The molecule has 0 spiro atoms. The molecule has 0 fully saturated rings. The number of hydrogen-bond donors (Lipinski definition) is 2. The van der Waals surface area contributed by atoms with Crippen molar-refractivity contribution in [3.05, 3.63) is 109 Å². The monoisotopic (exact) mass is 1110 g/mol. The number of allylic oxidation sites excluding steroid dienone is 18. The predicted octanol–water partition coefficient (Wildman–Crippen LogP) is 18.6. The Morgan fingerprint density at radius 1 is 0.372 bits per heavy atom. The smallest absolute Gasteiger partial charge is 0.462 e. The van der Waals surface area contributed by atoms with Gasteiger partial charge in [0, 0.05) is 19.3 Å². The van der Waals surface area contributed by atoms with E-state index in [9.17, 15) is 28.9 Å². The Morgan fingerprint density at radius 3 is 1.03 bits per heavy atom. The van der Waals surface area contributed by atoms with E-state index in [-0.39, 0.29) is 25.9 Å². The van der Waals surface area contributed by atoms with Crippen LogP contribution in [0.25, 0.3) is 0 Å². The van der Waals surface area contributed by atoms with E-state index in [0.29, 0.717) is 19.3 Å². The van der Waals surface area contributed by atoms with Crippen LogP contribution in [0.1, 0.15) is 252 Å². The van der Waals surface area contributed by atoms with E-state index < -0.39 is 57.8 Å². The molecule has 11 nitrogen and oxygen atoms in total. The zero-order valence-corrected chi connectivity index (χ0v) is 50.2. The van der Waals surface area contributed by atoms with Gasteiger partial charge in [-0.15, -0.1) is 0 Å². The Bertz CT molecular complexity index is 1720. The molecule has 0 aromatic rings. The molecule has 0 radical (unpaired) electrons. The van der Waals surface area contributed by atoms with Crippen LogP contribution in [0.4, 0.5) is 0 Å². The molecule has 0 aromatic heterocycles. The van der Waals surface area contributed by atoms with Crippen LogP contribution in [-0.2, 0) is 42.2 Å². The molecule has 0 aliphatic heterocycles. The first-order valence-corrected chi connectivity index (χ1v) is 32.3. The Kier molecular flexibility index (Phi) is 56.3. The number of ether oxygens (including phenoxy) is 3. The summed E-state index contributed by atoms with van der Waals surface area (Å²) in [6, 6.07) is 0. The molecule has 0 rings (SSSR count).